The lowest BCUT2D eigenvalue weighted by atomic mass is 10.2. The molecule has 0 radical (unpaired) electrons. The fourth-order valence-electron chi connectivity index (χ4n) is 2.22. The molecule has 0 spiro atoms. The van der Waals surface area contributed by atoms with Crippen LogP contribution in [-0.4, -0.2) is 15.9 Å². The van der Waals surface area contributed by atoms with Crippen LogP contribution in [0, 0.1) is 18.3 Å². The summed E-state index contributed by atoms with van der Waals surface area (Å²) in [5.41, 5.74) is 3.22. The lowest BCUT2D eigenvalue weighted by molar-refractivity contribution is 0.102. The second kappa shape index (κ2) is 7.23. The number of aryl methyl sites for hydroxylation is 1. The average molecular weight is 329 g/mol. The van der Waals surface area contributed by atoms with E-state index in [4.69, 9.17) is 5.26 Å². The van der Waals surface area contributed by atoms with Gasteiger partial charge in [-0.05, 0) is 36.8 Å². The molecule has 1 aromatic heterocycles. The topological polar surface area (TPSA) is 90.7 Å². The van der Waals surface area contributed by atoms with Gasteiger partial charge in [0.05, 0.1) is 24.0 Å². The van der Waals surface area contributed by atoms with Gasteiger partial charge in [-0.1, -0.05) is 24.3 Å². The largest absolute Gasteiger partial charge is 0.339 e. The van der Waals surface area contributed by atoms with Crippen LogP contribution >= 0.6 is 0 Å². The standard InChI is InChI=1S/C19H15N5O/c1-13-5-2-3-8-16(13)24-18-12-21-17(11-22-18)19(25)23-15-7-4-6-14(9-15)10-20/h2-9,11-12H,1H3,(H,22,24)(H,23,25). The molecule has 0 aliphatic carbocycles. The molecule has 0 aliphatic rings. The molecule has 6 heteroatoms. The van der Waals surface area contributed by atoms with Crippen LogP contribution in [0.2, 0.25) is 0 Å². The Morgan fingerprint density at radius 3 is 2.64 bits per heavy atom. The molecule has 3 rings (SSSR count). The van der Waals surface area contributed by atoms with Gasteiger partial charge in [0.15, 0.2) is 0 Å². The Hall–Kier alpha value is -3.72. The molecule has 0 saturated carbocycles. The maximum absolute atomic E-state index is 12.2. The summed E-state index contributed by atoms with van der Waals surface area (Å²) in [7, 11) is 0. The van der Waals surface area contributed by atoms with E-state index in [-0.39, 0.29) is 11.6 Å². The predicted octanol–water partition coefficient (Wildman–Crippen LogP) is 3.65. The number of para-hydroxylation sites is 1. The molecule has 1 heterocycles. The van der Waals surface area contributed by atoms with Gasteiger partial charge in [-0.3, -0.25) is 4.79 Å². The first-order valence-corrected chi connectivity index (χ1v) is 7.62. The molecule has 0 saturated heterocycles. The second-order valence-corrected chi connectivity index (χ2v) is 5.37. The average Bonchev–Trinajstić information content (AvgIpc) is 2.64. The van der Waals surface area contributed by atoms with Gasteiger partial charge in [0.2, 0.25) is 0 Å². The van der Waals surface area contributed by atoms with Crippen LogP contribution in [0.3, 0.4) is 0 Å². The van der Waals surface area contributed by atoms with Crippen molar-refractivity contribution in [2.24, 2.45) is 0 Å². The minimum absolute atomic E-state index is 0.192. The molecule has 0 atom stereocenters. The van der Waals surface area contributed by atoms with E-state index in [1.165, 1.54) is 12.4 Å². The zero-order chi connectivity index (χ0) is 17.6. The summed E-state index contributed by atoms with van der Waals surface area (Å²) < 4.78 is 0. The second-order valence-electron chi connectivity index (χ2n) is 5.37. The number of carbonyl (C=O) groups is 1. The summed E-state index contributed by atoms with van der Waals surface area (Å²) >= 11 is 0. The van der Waals surface area contributed by atoms with Crippen molar-refractivity contribution in [3.8, 4) is 6.07 Å². The molecule has 122 valence electrons. The highest BCUT2D eigenvalue weighted by Gasteiger charge is 2.09. The SMILES string of the molecule is Cc1ccccc1Nc1cnc(C(=O)Nc2cccc(C#N)c2)cn1. The molecular formula is C19H15N5O. The highest BCUT2D eigenvalue weighted by atomic mass is 16.1. The zero-order valence-corrected chi connectivity index (χ0v) is 13.5. The molecular weight excluding hydrogens is 314 g/mol. The lowest BCUT2D eigenvalue weighted by Gasteiger charge is -2.09. The van der Waals surface area contributed by atoms with E-state index >= 15 is 0 Å². The Bertz CT molecular complexity index is 945. The fourth-order valence-corrected chi connectivity index (χ4v) is 2.22. The van der Waals surface area contributed by atoms with Crippen LogP contribution < -0.4 is 10.6 Å². The highest BCUT2D eigenvalue weighted by Crippen LogP contribution is 2.18. The number of benzene rings is 2. The smallest absolute Gasteiger partial charge is 0.275 e. The van der Waals surface area contributed by atoms with E-state index in [9.17, 15) is 4.79 Å². The van der Waals surface area contributed by atoms with Gasteiger partial charge >= 0.3 is 0 Å². The van der Waals surface area contributed by atoms with Gasteiger partial charge in [-0.15, -0.1) is 0 Å². The molecule has 25 heavy (non-hydrogen) atoms. The van der Waals surface area contributed by atoms with Gasteiger partial charge in [0, 0.05) is 11.4 Å². The third-order valence-corrected chi connectivity index (χ3v) is 3.54. The van der Waals surface area contributed by atoms with Crippen LogP contribution in [0.15, 0.2) is 60.9 Å². The van der Waals surface area contributed by atoms with Gasteiger partial charge in [0.1, 0.15) is 11.5 Å². The molecule has 3 aromatic rings. The summed E-state index contributed by atoms with van der Waals surface area (Å²) in [5.74, 6) is 0.169. The first-order chi connectivity index (χ1) is 12.2. The molecule has 2 N–H and O–H groups in total. The Morgan fingerprint density at radius 1 is 1.08 bits per heavy atom. The van der Waals surface area contributed by atoms with E-state index in [0.29, 0.717) is 17.1 Å². The highest BCUT2D eigenvalue weighted by molar-refractivity contribution is 6.02. The van der Waals surface area contributed by atoms with Gasteiger partial charge in [0.25, 0.3) is 5.91 Å². The van der Waals surface area contributed by atoms with Crippen molar-refractivity contribution in [1.29, 1.82) is 5.26 Å². The van der Waals surface area contributed by atoms with E-state index in [0.717, 1.165) is 11.3 Å². The first-order valence-electron chi connectivity index (χ1n) is 7.62. The Kier molecular flexibility index (Phi) is 4.67. The molecule has 2 aromatic carbocycles. The maximum atomic E-state index is 12.2. The van der Waals surface area contributed by atoms with Crippen molar-refractivity contribution in [3.63, 3.8) is 0 Å². The minimum Gasteiger partial charge on any atom is -0.339 e. The van der Waals surface area contributed by atoms with Crippen LogP contribution in [0.5, 0.6) is 0 Å². The number of aromatic nitrogens is 2. The third kappa shape index (κ3) is 3.98. The van der Waals surface area contributed by atoms with Gasteiger partial charge in [-0.2, -0.15) is 5.26 Å². The number of nitrogens with one attached hydrogen (secondary N) is 2. The molecule has 6 nitrogen and oxygen atoms in total. The number of anilines is 3. The van der Waals surface area contributed by atoms with E-state index < -0.39 is 0 Å². The number of hydrogen-bond donors (Lipinski definition) is 2. The molecule has 0 aliphatic heterocycles. The van der Waals surface area contributed by atoms with E-state index in [1.54, 1.807) is 24.3 Å². The minimum atomic E-state index is -0.384. The Balaban J connectivity index is 1.70. The number of amides is 1. The summed E-state index contributed by atoms with van der Waals surface area (Å²) in [4.78, 5) is 20.6. The molecule has 0 fully saturated rings. The first kappa shape index (κ1) is 16.1. The predicted molar refractivity (Wildman–Crippen MR) is 95.6 cm³/mol. The van der Waals surface area contributed by atoms with E-state index in [1.807, 2.05) is 37.3 Å². The van der Waals surface area contributed by atoms with Crippen molar-refractivity contribution in [1.82, 2.24) is 9.97 Å². The van der Waals surface area contributed by atoms with Crippen molar-refractivity contribution in [3.05, 3.63) is 77.7 Å². The van der Waals surface area contributed by atoms with Crippen molar-refractivity contribution < 1.29 is 4.79 Å². The van der Waals surface area contributed by atoms with Gasteiger partial charge < -0.3 is 10.6 Å². The maximum Gasteiger partial charge on any atom is 0.275 e. The molecule has 1 amide bonds. The van der Waals surface area contributed by atoms with Crippen LogP contribution in [-0.2, 0) is 0 Å². The quantitative estimate of drug-likeness (QED) is 0.762. The monoisotopic (exact) mass is 329 g/mol. The van der Waals surface area contributed by atoms with Crippen molar-refractivity contribution in [2.45, 2.75) is 6.92 Å². The van der Waals surface area contributed by atoms with Crippen molar-refractivity contribution >= 4 is 23.1 Å². The molecule has 0 unspecified atom stereocenters. The number of hydrogen-bond acceptors (Lipinski definition) is 5. The third-order valence-electron chi connectivity index (χ3n) is 3.54. The number of carbonyl (C=O) groups excluding carboxylic acids is 1. The van der Waals surface area contributed by atoms with Gasteiger partial charge in [-0.25, -0.2) is 9.97 Å². The normalized spacial score (nSPS) is 9.92. The van der Waals surface area contributed by atoms with Crippen LogP contribution in [0.1, 0.15) is 21.6 Å². The fraction of sp³-hybridized carbons (Fsp3) is 0.0526. The Morgan fingerprint density at radius 2 is 1.92 bits per heavy atom. The van der Waals surface area contributed by atoms with Crippen molar-refractivity contribution in [2.75, 3.05) is 10.6 Å². The van der Waals surface area contributed by atoms with Crippen LogP contribution in [0.25, 0.3) is 0 Å². The molecule has 0 bridgehead atoms. The summed E-state index contributed by atoms with van der Waals surface area (Å²) in [6, 6.07) is 16.5. The number of nitriles is 1. The summed E-state index contributed by atoms with van der Waals surface area (Å²) in [5, 5.41) is 14.8. The Labute approximate surface area is 145 Å². The zero-order valence-electron chi connectivity index (χ0n) is 13.5. The number of nitrogens with zero attached hydrogens (tertiary/aromatic N) is 3. The van der Waals surface area contributed by atoms with Crippen LogP contribution in [0.4, 0.5) is 17.2 Å². The van der Waals surface area contributed by atoms with E-state index in [2.05, 4.69) is 20.6 Å². The summed E-state index contributed by atoms with van der Waals surface area (Å²) in [6.07, 6.45) is 2.91. The summed E-state index contributed by atoms with van der Waals surface area (Å²) in [6.45, 7) is 1.99. The lowest BCUT2D eigenvalue weighted by Crippen LogP contribution is -2.14. The number of rotatable bonds is 4.